The maximum atomic E-state index is 5.61. The molecule has 0 radical (unpaired) electrons. The number of pyridine rings is 1. The first-order valence-corrected chi connectivity index (χ1v) is 4.95. The van der Waals surface area contributed by atoms with Crippen molar-refractivity contribution in [3.63, 3.8) is 0 Å². The molecular weight excluding hydrogens is 160 g/mol. The van der Waals surface area contributed by atoms with E-state index in [2.05, 4.69) is 18.0 Å². The van der Waals surface area contributed by atoms with Crippen molar-refractivity contribution in [1.29, 1.82) is 0 Å². The summed E-state index contributed by atoms with van der Waals surface area (Å²) in [6.07, 6.45) is 6.19. The summed E-state index contributed by atoms with van der Waals surface area (Å²) in [5.41, 5.74) is 8.51. The van der Waals surface area contributed by atoms with E-state index in [1.54, 1.807) is 0 Å². The molecule has 1 aliphatic carbocycles. The third-order valence-electron chi connectivity index (χ3n) is 3.05. The minimum atomic E-state index is 0.647. The van der Waals surface area contributed by atoms with Gasteiger partial charge in [0.2, 0.25) is 0 Å². The zero-order valence-electron chi connectivity index (χ0n) is 8.03. The SMILES string of the molecule is CC1Cc2ccncc2C1CCN. The van der Waals surface area contributed by atoms with E-state index in [9.17, 15) is 0 Å². The molecule has 2 rings (SSSR count). The second kappa shape index (κ2) is 3.46. The average molecular weight is 176 g/mol. The van der Waals surface area contributed by atoms with Gasteiger partial charge >= 0.3 is 0 Å². The molecule has 0 aliphatic heterocycles. The van der Waals surface area contributed by atoms with Crippen LogP contribution in [0.15, 0.2) is 18.5 Å². The van der Waals surface area contributed by atoms with Crippen molar-refractivity contribution in [1.82, 2.24) is 4.98 Å². The van der Waals surface area contributed by atoms with Crippen molar-refractivity contribution in [2.24, 2.45) is 11.7 Å². The largest absolute Gasteiger partial charge is 0.330 e. The quantitative estimate of drug-likeness (QED) is 0.745. The monoisotopic (exact) mass is 176 g/mol. The van der Waals surface area contributed by atoms with E-state index in [0.29, 0.717) is 5.92 Å². The molecule has 0 spiro atoms. The molecule has 0 aromatic carbocycles. The second-order valence-corrected chi connectivity index (χ2v) is 3.94. The Kier molecular flexibility index (Phi) is 2.32. The van der Waals surface area contributed by atoms with E-state index in [-0.39, 0.29) is 0 Å². The van der Waals surface area contributed by atoms with E-state index in [0.717, 1.165) is 18.9 Å². The summed E-state index contributed by atoms with van der Waals surface area (Å²) in [5, 5.41) is 0. The summed E-state index contributed by atoms with van der Waals surface area (Å²) in [6.45, 7) is 3.09. The molecule has 1 aliphatic rings. The van der Waals surface area contributed by atoms with Crippen LogP contribution >= 0.6 is 0 Å². The van der Waals surface area contributed by atoms with E-state index in [1.807, 2.05) is 12.4 Å². The standard InChI is InChI=1S/C11H16N2/c1-8-6-9-3-5-13-7-11(9)10(8)2-4-12/h3,5,7-8,10H,2,4,6,12H2,1H3. The van der Waals surface area contributed by atoms with Crippen LogP contribution in [0.5, 0.6) is 0 Å². The molecule has 0 saturated heterocycles. The lowest BCUT2D eigenvalue weighted by Crippen LogP contribution is -2.10. The van der Waals surface area contributed by atoms with Crippen LogP contribution in [-0.4, -0.2) is 11.5 Å². The van der Waals surface area contributed by atoms with Gasteiger partial charge in [-0.1, -0.05) is 6.92 Å². The van der Waals surface area contributed by atoms with Crippen LogP contribution in [0.2, 0.25) is 0 Å². The van der Waals surface area contributed by atoms with Crippen LogP contribution in [0, 0.1) is 5.92 Å². The molecule has 2 unspecified atom stereocenters. The lowest BCUT2D eigenvalue weighted by atomic mass is 9.92. The number of nitrogens with two attached hydrogens (primary N) is 1. The number of hydrogen-bond donors (Lipinski definition) is 1. The predicted molar refractivity (Wildman–Crippen MR) is 53.5 cm³/mol. The summed E-state index contributed by atoms with van der Waals surface area (Å²) >= 11 is 0. The lowest BCUT2D eigenvalue weighted by molar-refractivity contribution is 0.475. The van der Waals surface area contributed by atoms with E-state index in [4.69, 9.17) is 5.73 Å². The van der Waals surface area contributed by atoms with Gasteiger partial charge in [-0.15, -0.1) is 0 Å². The third-order valence-corrected chi connectivity index (χ3v) is 3.05. The summed E-state index contributed by atoms with van der Waals surface area (Å²) in [6, 6.07) is 2.14. The van der Waals surface area contributed by atoms with E-state index >= 15 is 0 Å². The zero-order valence-corrected chi connectivity index (χ0v) is 8.03. The first-order valence-electron chi connectivity index (χ1n) is 4.95. The molecule has 13 heavy (non-hydrogen) atoms. The van der Waals surface area contributed by atoms with Crippen LogP contribution in [0.3, 0.4) is 0 Å². The molecule has 2 heteroatoms. The van der Waals surface area contributed by atoms with Gasteiger partial charge in [0.05, 0.1) is 0 Å². The maximum absolute atomic E-state index is 5.61. The molecule has 0 amide bonds. The highest BCUT2D eigenvalue weighted by Gasteiger charge is 2.28. The van der Waals surface area contributed by atoms with Crippen molar-refractivity contribution in [2.45, 2.75) is 25.7 Å². The Morgan fingerprint density at radius 3 is 3.23 bits per heavy atom. The fourth-order valence-electron chi connectivity index (χ4n) is 2.37. The Balaban J connectivity index is 2.29. The van der Waals surface area contributed by atoms with Crippen molar-refractivity contribution < 1.29 is 0 Å². The zero-order chi connectivity index (χ0) is 9.26. The van der Waals surface area contributed by atoms with Gasteiger partial charge in [-0.2, -0.15) is 0 Å². The summed E-state index contributed by atoms with van der Waals surface area (Å²) < 4.78 is 0. The summed E-state index contributed by atoms with van der Waals surface area (Å²) in [5.74, 6) is 1.39. The second-order valence-electron chi connectivity index (χ2n) is 3.94. The Morgan fingerprint density at radius 2 is 2.46 bits per heavy atom. The minimum Gasteiger partial charge on any atom is -0.330 e. The normalized spacial score (nSPS) is 26.0. The van der Waals surface area contributed by atoms with Crippen LogP contribution in [-0.2, 0) is 6.42 Å². The minimum absolute atomic E-state index is 0.647. The highest BCUT2D eigenvalue weighted by Crippen LogP contribution is 2.38. The molecule has 1 aromatic heterocycles. The van der Waals surface area contributed by atoms with Gasteiger partial charge in [0, 0.05) is 12.4 Å². The summed E-state index contributed by atoms with van der Waals surface area (Å²) in [4.78, 5) is 4.18. The number of aromatic nitrogens is 1. The smallest absolute Gasteiger partial charge is 0.0305 e. The molecule has 0 bridgehead atoms. The highest BCUT2D eigenvalue weighted by molar-refractivity contribution is 5.33. The Labute approximate surface area is 79.2 Å². The molecule has 2 N–H and O–H groups in total. The maximum Gasteiger partial charge on any atom is 0.0305 e. The Bertz CT molecular complexity index is 296. The number of rotatable bonds is 2. The van der Waals surface area contributed by atoms with Gasteiger partial charge in [-0.25, -0.2) is 0 Å². The van der Waals surface area contributed by atoms with Gasteiger partial charge in [-0.3, -0.25) is 4.98 Å². The fraction of sp³-hybridized carbons (Fsp3) is 0.545. The van der Waals surface area contributed by atoms with Gasteiger partial charge < -0.3 is 5.73 Å². The first-order chi connectivity index (χ1) is 6.33. The molecular formula is C11H16N2. The van der Waals surface area contributed by atoms with Crippen LogP contribution in [0.25, 0.3) is 0 Å². The molecule has 0 fully saturated rings. The Morgan fingerprint density at radius 1 is 1.62 bits per heavy atom. The van der Waals surface area contributed by atoms with Crippen molar-refractivity contribution in [3.8, 4) is 0 Å². The molecule has 2 atom stereocenters. The van der Waals surface area contributed by atoms with Crippen LogP contribution in [0.1, 0.15) is 30.4 Å². The summed E-state index contributed by atoms with van der Waals surface area (Å²) in [7, 11) is 0. The average Bonchev–Trinajstić information content (AvgIpc) is 2.44. The highest BCUT2D eigenvalue weighted by atomic mass is 14.6. The first kappa shape index (κ1) is 8.70. The van der Waals surface area contributed by atoms with E-state index < -0.39 is 0 Å². The lowest BCUT2D eigenvalue weighted by Gasteiger charge is -2.14. The van der Waals surface area contributed by atoms with E-state index in [1.165, 1.54) is 17.5 Å². The number of fused-ring (bicyclic) bond motifs is 1. The van der Waals surface area contributed by atoms with Crippen molar-refractivity contribution in [2.75, 3.05) is 6.54 Å². The van der Waals surface area contributed by atoms with Crippen LogP contribution < -0.4 is 5.73 Å². The number of hydrogen-bond acceptors (Lipinski definition) is 2. The van der Waals surface area contributed by atoms with Gasteiger partial charge in [0.15, 0.2) is 0 Å². The van der Waals surface area contributed by atoms with Crippen molar-refractivity contribution in [3.05, 3.63) is 29.6 Å². The molecule has 70 valence electrons. The van der Waals surface area contributed by atoms with Crippen LogP contribution in [0.4, 0.5) is 0 Å². The topological polar surface area (TPSA) is 38.9 Å². The van der Waals surface area contributed by atoms with Gasteiger partial charge in [0.25, 0.3) is 0 Å². The number of nitrogens with zero attached hydrogens (tertiary/aromatic N) is 1. The molecule has 2 nitrogen and oxygen atoms in total. The molecule has 0 saturated carbocycles. The Hall–Kier alpha value is -0.890. The van der Waals surface area contributed by atoms with Gasteiger partial charge in [0.1, 0.15) is 0 Å². The van der Waals surface area contributed by atoms with Gasteiger partial charge in [-0.05, 0) is 48.4 Å². The fourth-order valence-corrected chi connectivity index (χ4v) is 2.37. The molecule has 1 aromatic rings. The molecule has 1 heterocycles. The van der Waals surface area contributed by atoms with Crippen molar-refractivity contribution >= 4 is 0 Å². The third kappa shape index (κ3) is 1.46. The predicted octanol–water partition coefficient (Wildman–Crippen LogP) is 1.71.